The van der Waals surface area contributed by atoms with E-state index in [-0.39, 0.29) is 55.0 Å². The first-order valence-corrected chi connectivity index (χ1v) is 12.5. The summed E-state index contributed by atoms with van der Waals surface area (Å²) in [6, 6.07) is 3.66. The molecule has 1 fully saturated rings. The zero-order chi connectivity index (χ0) is 28.4. The molecule has 1 aliphatic heterocycles. The molecule has 0 radical (unpaired) electrons. The van der Waals surface area contributed by atoms with Crippen molar-refractivity contribution < 1.29 is 40.3 Å². The van der Waals surface area contributed by atoms with Crippen LogP contribution in [-0.4, -0.2) is 57.1 Å². The highest BCUT2D eigenvalue weighted by Gasteiger charge is 2.34. The number of aryl methyl sites for hydroxylation is 1. The molecule has 0 unspecified atom stereocenters. The molecule has 1 aromatic carbocycles. The van der Waals surface area contributed by atoms with Crippen LogP contribution < -0.4 is 10.1 Å². The number of alkyl halides is 6. The molecular weight excluding hydrogens is 555 g/mol. The number of carbonyl (C=O) groups is 1. The highest BCUT2D eigenvalue weighted by molar-refractivity contribution is 7.06. The van der Waals surface area contributed by atoms with Gasteiger partial charge in [0.2, 0.25) is 0 Å². The standard InChI is InChI=1S/C24H22F7N5O2S/c1-13-21(19(39-35-13)9-15-10-32-11-20(33-15)24(29,30)31)22(37)34-14-2-3-17(25)18(8-14)38-16-4-6-36(7-5-16)12-23(26,27)28/h2-3,8,10-11,16H,4-7,9,12H2,1H3,(H,34,37). The van der Waals surface area contributed by atoms with Gasteiger partial charge in [0.25, 0.3) is 5.91 Å². The molecule has 0 atom stereocenters. The predicted molar refractivity (Wildman–Crippen MR) is 127 cm³/mol. The molecule has 1 amide bonds. The van der Waals surface area contributed by atoms with Gasteiger partial charge in [0.15, 0.2) is 17.3 Å². The van der Waals surface area contributed by atoms with Gasteiger partial charge < -0.3 is 10.1 Å². The molecule has 210 valence electrons. The van der Waals surface area contributed by atoms with Gasteiger partial charge >= 0.3 is 12.4 Å². The van der Waals surface area contributed by atoms with Crippen LogP contribution in [0.3, 0.4) is 0 Å². The second-order valence-corrected chi connectivity index (χ2v) is 9.80. The normalized spacial score (nSPS) is 15.4. The molecule has 0 bridgehead atoms. The van der Waals surface area contributed by atoms with Gasteiger partial charge in [-0.15, -0.1) is 0 Å². The number of amides is 1. The molecule has 1 saturated heterocycles. The number of hydrogen-bond donors (Lipinski definition) is 1. The third kappa shape index (κ3) is 7.62. The fraction of sp³-hybridized carbons (Fsp3) is 0.417. The number of ether oxygens (including phenoxy) is 1. The summed E-state index contributed by atoms with van der Waals surface area (Å²) in [5.41, 5.74) is -0.487. The van der Waals surface area contributed by atoms with E-state index in [4.69, 9.17) is 4.74 Å². The molecule has 1 aliphatic rings. The Kier molecular flexibility index (Phi) is 8.39. The average molecular weight is 578 g/mol. The number of aromatic nitrogens is 3. The van der Waals surface area contributed by atoms with Crippen molar-refractivity contribution >= 4 is 23.1 Å². The average Bonchev–Trinajstić information content (AvgIpc) is 3.21. The summed E-state index contributed by atoms with van der Waals surface area (Å²) in [4.78, 5) is 21.9. The van der Waals surface area contributed by atoms with E-state index in [0.29, 0.717) is 16.8 Å². The van der Waals surface area contributed by atoms with E-state index in [1.54, 1.807) is 6.92 Å². The van der Waals surface area contributed by atoms with Gasteiger partial charge in [0, 0.05) is 42.3 Å². The van der Waals surface area contributed by atoms with Crippen molar-refractivity contribution in [2.45, 2.75) is 44.6 Å². The zero-order valence-electron chi connectivity index (χ0n) is 20.4. The largest absolute Gasteiger partial charge is 0.487 e. The van der Waals surface area contributed by atoms with E-state index in [0.717, 1.165) is 17.6 Å². The lowest BCUT2D eigenvalue weighted by atomic mass is 10.1. The molecule has 0 saturated carbocycles. The minimum absolute atomic E-state index is 0.00118. The monoisotopic (exact) mass is 577 g/mol. The lowest BCUT2D eigenvalue weighted by molar-refractivity contribution is -0.149. The fourth-order valence-corrected chi connectivity index (χ4v) is 4.99. The Morgan fingerprint density at radius 1 is 1.15 bits per heavy atom. The van der Waals surface area contributed by atoms with Crippen molar-refractivity contribution in [1.29, 1.82) is 0 Å². The van der Waals surface area contributed by atoms with Crippen LogP contribution in [0.5, 0.6) is 5.75 Å². The van der Waals surface area contributed by atoms with Crippen LogP contribution >= 0.6 is 11.5 Å². The first-order valence-electron chi connectivity index (χ1n) is 11.7. The van der Waals surface area contributed by atoms with Gasteiger partial charge in [-0.2, -0.15) is 30.7 Å². The number of carbonyl (C=O) groups excluding carboxylic acids is 1. The number of hydrogen-bond acceptors (Lipinski definition) is 7. The van der Waals surface area contributed by atoms with E-state index in [2.05, 4.69) is 19.7 Å². The van der Waals surface area contributed by atoms with Crippen LogP contribution in [-0.2, 0) is 12.6 Å². The minimum Gasteiger partial charge on any atom is -0.487 e. The van der Waals surface area contributed by atoms with Crippen LogP contribution in [0.4, 0.5) is 36.4 Å². The number of nitrogens with zero attached hydrogens (tertiary/aromatic N) is 4. The van der Waals surface area contributed by atoms with Crippen molar-refractivity contribution in [3.05, 3.63) is 63.9 Å². The van der Waals surface area contributed by atoms with Gasteiger partial charge in [0.1, 0.15) is 6.10 Å². The molecule has 1 N–H and O–H groups in total. The number of benzene rings is 1. The number of likely N-dealkylation sites (tertiary alicyclic amines) is 1. The molecule has 39 heavy (non-hydrogen) atoms. The van der Waals surface area contributed by atoms with Gasteiger partial charge in [0.05, 0.1) is 29.7 Å². The van der Waals surface area contributed by atoms with Crippen LogP contribution in [0.25, 0.3) is 0 Å². The number of rotatable bonds is 7. The third-order valence-corrected chi connectivity index (χ3v) is 6.83. The van der Waals surface area contributed by atoms with Gasteiger partial charge in [-0.25, -0.2) is 9.37 Å². The van der Waals surface area contributed by atoms with Crippen molar-refractivity contribution in [1.82, 2.24) is 19.2 Å². The first-order chi connectivity index (χ1) is 18.3. The van der Waals surface area contributed by atoms with Crippen molar-refractivity contribution in [3.63, 3.8) is 0 Å². The maximum atomic E-state index is 14.4. The van der Waals surface area contributed by atoms with E-state index in [9.17, 15) is 35.5 Å². The summed E-state index contributed by atoms with van der Waals surface area (Å²) >= 11 is 0.937. The molecule has 7 nitrogen and oxygen atoms in total. The van der Waals surface area contributed by atoms with Crippen molar-refractivity contribution in [3.8, 4) is 5.75 Å². The van der Waals surface area contributed by atoms with E-state index in [1.165, 1.54) is 23.2 Å². The van der Waals surface area contributed by atoms with Gasteiger partial charge in [-0.05, 0) is 43.4 Å². The third-order valence-electron chi connectivity index (χ3n) is 5.90. The second kappa shape index (κ2) is 11.4. The van der Waals surface area contributed by atoms with Crippen LogP contribution in [0.2, 0.25) is 0 Å². The van der Waals surface area contributed by atoms with Gasteiger partial charge in [-0.3, -0.25) is 14.7 Å². The Hall–Kier alpha value is -3.33. The number of halogens is 7. The quantitative estimate of drug-likeness (QED) is 0.366. The Balaban J connectivity index is 1.43. The number of nitrogens with one attached hydrogen (secondary N) is 1. The Morgan fingerprint density at radius 2 is 1.87 bits per heavy atom. The summed E-state index contributed by atoms with van der Waals surface area (Å²) in [5, 5.41) is 2.62. The van der Waals surface area contributed by atoms with Crippen molar-refractivity contribution in [2.24, 2.45) is 0 Å². The smallest absolute Gasteiger partial charge is 0.434 e. The molecule has 2 aromatic heterocycles. The molecule has 4 rings (SSSR count). The van der Waals surface area contributed by atoms with Crippen LogP contribution in [0, 0.1) is 12.7 Å². The molecule has 0 aliphatic carbocycles. The fourth-order valence-electron chi connectivity index (χ4n) is 4.10. The topological polar surface area (TPSA) is 80.2 Å². The molecule has 3 heterocycles. The summed E-state index contributed by atoms with van der Waals surface area (Å²) < 4.78 is 101. The van der Waals surface area contributed by atoms with E-state index in [1.807, 2.05) is 0 Å². The Bertz CT molecular complexity index is 1320. The summed E-state index contributed by atoms with van der Waals surface area (Å²) in [7, 11) is 0. The predicted octanol–water partition coefficient (Wildman–Crippen LogP) is 5.65. The molecule has 3 aromatic rings. The molecule has 0 spiro atoms. The van der Waals surface area contributed by atoms with Crippen LogP contribution in [0.1, 0.15) is 45.2 Å². The maximum absolute atomic E-state index is 14.4. The van der Waals surface area contributed by atoms with E-state index < -0.39 is 42.4 Å². The lowest BCUT2D eigenvalue weighted by Gasteiger charge is -2.32. The summed E-state index contributed by atoms with van der Waals surface area (Å²) in [5.74, 6) is -1.49. The summed E-state index contributed by atoms with van der Waals surface area (Å²) in [6.07, 6.45) is -7.27. The highest BCUT2D eigenvalue weighted by Crippen LogP contribution is 2.30. The summed E-state index contributed by atoms with van der Waals surface area (Å²) in [6.45, 7) is 0.837. The minimum atomic E-state index is -4.67. The van der Waals surface area contributed by atoms with Gasteiger partial charge in [-0.1, -0.05) is 0 Å². The molecule has 15 heteroatoms. The number of anilines is 1. The second-order valence-electron chi connectivity index (χ2n) is 8.94. The SMILES string of the molecule is Cc1nsc(Cc2cncc(C(F)(F)F)n2)c1C(=O)Nc1ccc(F)c(OC2CCN(CC(F)(F)F)CC2)c1. The van der Waals surface area contributed by atoms with Crippen LogP contribution in [0.15, 0.2) is 30.6 Å². The zero-order valence-corrected chi connectivity index (χ0v) is 21.2. The van der Waals surface area contributed by atoms with E-state index >= 15 is 0 Å². The molecular formula is C24H22F7N5O2S. The Labute approximate surface area is 222 Å². The first kappa shape index (κ1) is 28.7. The highest BCUT2D eigenvalue weighted by atomic mass is 32.1. The van der Waals surface area contributed by atoms with Crippen molar-refractivity contribution in [2.75, 3.05) is 25.0 Å². The lowest BCUT2D eigenvalue weighted by Crippen LogP contribution is -2.42. The maximum Gasteiger partial charge on any atom is 0.434 e. The number of piperidine rings is 1. The Morgan fingerprint density at radius 3 is 2.54 bits per heavy atom.